The molecule has 3 heterocycles. The number of hydrogen-bond donors (Lipinski definition) is 0. The minimum Gasteiger partial charge on any atom is -0.292 e. The van der Waals surface area contributed by atoms with E-state index in [0.717, 1.165) is 19.5 Å². The van der Waals surface area contributed by atoms with Crippen LogP contribution in [0, 0.1) is 0 Å². The minimum atomic E-state index is 0.396. The highest BCUT2D eigenvalue weighted by molar-refractivity contribution is 7.10. The maximum atomic E-state index is 4.11. The Balaban J connectivity index is 1.60. The van der Waals surface area contributed by atoms with Crippen LogP contribution >= 0.6 is 11.3 Å². The van der Waals surface area contributed by atoms with E-state index >= 15 is 0 Å². The second-order valence-electron chi connectivity index (χ2n) is 6.00. The van der Waals surface area contributed by atoms with Gasteiger partial charge in [-0.2, -0.15) is 0 Å². The van der Waals surface area contributed by atoms with Gasteiger partial charge >= 0.3 is 0 Å². The molecule has 2 aromatic heterocycles. The molecule has 4 rings (SSSR count). The average molecular weight is 320 g/mol. The lowest BCUT2D eigenvalue weighted by Gasteiger charge is -2.36. The maximum Gasteiger partial charge on any atom is 0.0612 e. The number of pyridine rings is 1. The molecule has 0 fully saturated rings. The maximum absolute atomic E-state index is 4.11. The van der Waals surface area contributed by atoms with Gasteiger partial charge in [-0.05, 0) is 53.1 Å². The smallest absolute Gasteiger partial charge is 0.0612 e. The number of benzene rings is 1. The first-order valence-electron chi connectivity index (χ1n) is 8.16. The van der Waals surface area contributed by atoms with Crippen molar-refractivity contribution in [1.82, 2.24) is 9.88 Å². The molecular formula is C20H20N2S. The fourth-order valence-electron chi connectivity index (χ4n) is 3.46. The Morgan fingerprint density at radius 1 is 1.04 bits per heavy atom. The van der Waals surface area contributed by atoms with Crippen LogP contribution in [-0.2, 0) is 12.8 Å². The first-order chi connectivity index (χ1) is 11.4. The van der Waals surface area contributed by atoms with Gasteiger partial charge in [0, 0.05) is 30.4 Å². The summed E-state index contributed by atoms with van der Waals surface area (Å²) in [7, 11) is 0. The van der Waals surface area contributed by atoms with E-state index in [4.69, 9.17) is 0 Å². The Bertz CT molecular complexity index is 752. The molecule has 2 nitrogen and oxygen atoms in total. The van der Waals surface area contributed by atoms with Crippen LogP contribution in [0.2, 0.25) is 0 Å². The van der Waals surface area contributed by atoms with E-state index < -0.39 is 0 Å². The number of nitrogens with zero attached hydrogens (tertiary/aromatic N) is 2. The van der Waals surface area contributed by atoms with Crippen molar-refractivity contribution in [1.29, 1.82) is 0 Å². The first kappa shape index (κ1) is 14.6. The Labute approximate surface area is 141 Å². The molecule has 3 aromatic rings. The van der Waals surface area contributed by atoms with Crippen molar-refractivity contribution in [3.63, 3.8) is 0 Å². The van der Waals surface area contributed by atoms with Crippen LogP contribution in [0.4, 0.5) is 0 Å². The van der Waals surface area contributed by atoms with Crippen molar-refractivity contribution < 1.29 is 0 Å². The van der Waals surface area contributed by atoms with Crippen molar-refractivity contribution in [3.05, 3.63) is 87.9 Å². The Morgan fingerprint density at radius 2 is 1.87 bits per heavy atom. The molecule has 0 aliphatic carbocycles. The van der Waals surface area contributed by atoms with E-state index in [2.05, 4.69) is 63.8 Å². The molecule has 23 heavy (non-hydrogen) atoms. The second kappa shape index (κ2) is 6.65. The molecule has 0 unspecified atom stereocenters. The summed E-state index contributed by atoms with van der Waals surface area (Å²) in [5.41, 5.74) is 4.27. The van der Waals surface area contributed by atoms with Crippen LogP contribution in [0.25, 0.3) is 0 Å². The topological polar surface area (TPSA) is 16.1 Å². The van der Waals surface area contributed by atoms with Gasteiger partial charge in [-0.1, -0.05) is 30.3 Å². The summed E-state index contributed by atoms with van der Waals surface area (Å²) in [6.07, 6.45) is 6.02. The van der Waals surface area contributed by atoms with Crippen molar-refractivity contribution in [2.24, 2.45) is 0 Å². The summed E-state index contributed by atoms with van der Waals surface area (Å²) in [6.45, 7) is 2.22. The third kappa shape index (κ3) is 3.07. The fourth-order valence-corrected chi connectivity index (χ4v) is 4.36. The highest BCUT2D eigenvalue weighted by Crippen LogP contribution is 2.37. The van der Waals surface area contributed by atoms with Crippen molar-refractivity contribution in [2.75, 3.05) is 13.1 Å². The van der Waals surface area contributed by atoms with E-state index in [-0.39, 0.29) is 0 Å². The lowest BCUT2D eigenvalue weighted by atomic mass is 9.93. The third-order valence-electron chi connectivity index (χ3n) is 4.62. The number of thiophene rings is 1. The molecule has 0 saturated heterocycles. The van der Waals surface area contributed by atoms with Crippen LogP contribution in [0.1, 0.15) is 27.6 Å². The molecule has 0 radical (unpaired) electrons. The number of fused-ring (bicyclic) bond motifs is 1. The zero-order valence-electron chi connectivity index (χ0n) is 13.1. The molecule has 1 aliphatic rings. The summed E-state index contributed by atoms with van der Waals surface area (Å²) in [5.74, 6) is 0. The van der Waals surface area contributed by atoms with Crippen molar-refractivity contribution >= 4 is 11.3 Å². The van der Waals surface area contributed by atoms with Gasteiger partial charge in [-0.25, -0.2) is 0 Å². The minimum absolute atomic E-state index is 0.396. The lowest BCUT2D eigenvalue weighted by molar-refractivity contribution is 0.218. The van der Waals surface area contributed by atoms with E-state index in [1.54, 1.807) is 4.88 Å². The zero-order chi connectivity index (χ0) is 15.5. The van der Waals surface area contributed by atoms with Gasteiger partial charge in [-0.15, -0.1) is 11.3 Å². The van der Waals surface area contributed by atoms with Crippen LogP contribution in [0.15, 0.2) is 66.3 Å². The van der Waals surface area contributed by atoms with Crippen LogP contribution < -0.4 is 0 Å². The summed E-state index contributed by atoms with van der Waals surface area (Å²) in [5, 5.41) is 2.24. The molecule has 0 spiro atoms. The van der Waals surface area contributed by atoms with Crippen molar-refractivity contribution in [2.45, 2.75) is 18.9 Å². The van der Waals surface area contributed by atoms with Gasteiger partial charge < -0.3 is 0 Å². The molecule has 0 N–H and O–H groups in total. The highest BCUT2D eigenvalue weighted by atomic mass is 32.1. The number of rotatable bonds is 4. The number of aromatic nitrogens is 1. The van der Waals surface area contributed by atoms with Crippen LogP contribution in [-0.4, -0.2) is 23.0 Å². The van der Waals surface area contributed by atoms with Crippen LogP contribution in [0.5, 0.6) is 0 Å². The SMILES string of the molecule is c1ccc([C@@H]2c3ccsc3CCN2CCc2ccncc2)cc1. The Kier molecular flexibility index (Phi) is 4.22. The average Bonchev–Trinajstić information content (AvgIpc) is 3.10. The van der Waals surface area contributed by atoms with Gasteiger partial charge in [0.1, 0.15) is 0 Å². The monoisotopic (exact) mass is 320 g/mol. The molecular weight excluding hydrogens is 300 g/mol. The van der Waals surface area contributed by atoms with Gasteiger partial charge in [0.15, 0.2) is 0 Å². The van der Waals surface area contributed by atoms with Gasteiger partial charge in [0.05, 0.1) is 6.04 Å². The fraction of sp³-hybridized carbons (Fsp3) is 0.250. The van der Waals surface area contributed by atoms with Gasteiger partial charge in [0.2, 0.25) is 0 Å². The largest absolute Gasteiger partial charge is 0.292 e. The molecule has 3 heteroatoms. The molecule has 1 aliphatic heterocycles. The van der Waals surface area contributed by atoms with E-state index in [1.165, 1.54) is 23.1 Å². The number of hydrogen-bond acceptors (Lipinski definition) is 3. The predicted octanol–water partition coefficient (Wildman–Crippen LogP) is 4.33. The second-order valence-corrected chi connectivity index (χ2v) is 7.00. The quantitative estimate of drug-likeness (QED) is 0.711. The summed E-state index contributed by atoms with van der Waals surface area (Å²) < 4.78 is 0. The van der Waals surface area contributed by atoms with Crippen molar-refractivity contribution in [3.8, 4) is 0 Å². The molecule has 1 atom stereocenters. The van der Waals surface area contributed by atoms with Gasteiger partial charge in [0.25, 0.3) is 0 Å². The first-order valence-corrected chi connectivity index (χ1v) is 9.04. The van der Waals surface area contributed by atoms with E-state index in [1.807, 2.05) is 23.7 Å². The van der Waals surface area contributed by atoms with E-state index in [9.17, 15) is 0 Å². The summed E-state index contributed by atoms with van der Waals surface area (Å²) in [6, 6.07) is 17.9. The molecule has 0 saturated carbocycles. The van der Waals surface area contributed by atoms with Gasteiger partial charge in [-0.3, -0.25) is 9.88 Å². The standard InChI is InChI=1S/C20H20N2S/c1-2-4-17(5-3-1)20-18-10-15-23-19(18)9-14-22(20)13-8-16-6-11-21-12-7-16/h1-7,10-12,15,20H,8-9,13-14H2/t20-/m1/s1. The molecule has 1 aromatic carbocycles. The zero-order valence-corrected chi connectivity index (χ0v) is 13.9. The Morgan fingerprint density at radius 3 is 2.70 bits per heavy atom. The molecule has 0 bridgehead atoms. The predicted molar refractivity (Wildman–Crippen MR) is 95.8 cm³/mol. The van der Waals surface area contributed by atoms with E-state index in [0.29, 0.717) is 6.04 Å². The normalized spacial score (nSPS) is 17.8. The highest BCUT2D eigenvalue weighted by Gasteiger charge is 2.29. The molecule has 0 amide bonds. The summed E-state index contributed by atoms with van der Waals surface area (Å²) in [4.78, 5) is 8.30. The Hall–Kier alpha value is -1.97. The van der Waals surface area contributed by atoms with Crippen LogP contribution in [0.3, 0.4) is 0 Å². The third-order valence-corrected chi connectivity index (χ3v) is 5.61. The molecule has 116 valence electrons. The lowest BCUT2D eigenvalue weighted by Crippen LogP contribution is -2.36. The summed E-state index contributed by atoms with van der Waals surface area (Å²) >= 11 is 1.91.